The molecule has 1 aromatic rings. The lowest BCUT2D eigenvalue weighted by atomic mass is 10.2. The zero-order chi connectivity index (χ0) is 12.5. The van der Waals surface area contributed by atoms with Gasteiger partial charge in [0.2, 0.25) is 5.91 Å². The van der Waals surface area contributed by atoms with Crippen molar-refractivity contribution in [3.8, 4) is 0 Å². The Balaban J connectivity index is 1.63. The second kappa shape index (κ2) is 4.90. The molecular weight excluding hydrogens is 248 g/mol. The summed E-state index contributed by atoms with van der Waals surface area (Å²) in [6.45, 7) is 2.16. The van der Waals surface area contributed by atoms with Gasteiger partial charge < -0.3 is 10.2 Å². The molecule has 0 saturated heterocycles. The van der Waals surface area contributed by atoms with Crippen LogP contribution in [0.3, 0.4) is 0 Å². The Morgan fingerprint density at radius 1 is 1.44 bits per heavy atom. The summed E-state index contributed by atoms with van der Waals surface area (Å²) >= 11 is 6.14. The Morgan fingerprint density at radius 2 is 2.28 bits per heavy atom. The minimum Gasteiger partial charge on any atom is -0.311 e. The molecule has 1 aliphatic heterocycles. The van der Waals surface area contributed by atoms with Gasteiger partial charge in [0.05, 0.1) is 6.54 Å². The van der Waals surface area contributed by atoms with Crippen molar-refractivity contribution in [3.05, 3.63) is 28.8 Å². The zero-order valence-electron chi connectivity index (χ0n) is 10.3. The molecule has 1 heterocycles. The van der Waals surface area contributed by atoms with E-state index < -0.39 is 0 Å². The molecule has 1 aromatic carbocycles. The molecule has 1 saturated carbocycles. The Kier molecular flexibility index (Phi) is 3.27. The number of fused-ring (bicyclic) bond motifs is 1. The number of carbonyl (C=O) groups is 1. The zero-order valence-corrected chi connectivity index (χ0v) is 11.0. The van der Waals surface area contributed by atoms with Crippen molar-refractivity contribution in [3.63, 3.8) is 0 Å². The van der Waals surface area contributed by atoms with Crippen molar-refractivity contribution in [2.24, 2.45) is 5.92 Å². The van der Waals surface area contributed by atoms with Gasteiger partial charge in [0.15, 0.2) is 0 Å². The van der Waals surface area contributed by atoms with Crippen LogP contribution in [0.4, 0.5) is 5.69 Å². The SMILES string of the molecule is O=C(CNCC1CC1)N1CCc2c(Cl)cccc21. The first-order chi connectivity index (χ1) is 8.75. The van der Waals surface area contributed by atoms with E-state index >= 15 is 0 Å². The number of amides is 1. The summed E-state index contributed by atoms with van der Waals surface area (Å²) in [7, 11) is 0. The Morgan fingerprint density at radius 3 is 3.06 bits per heavy atom. The molecule has 0 spiro atoms. The third-order valence-corrected chi connectivity index (χ3v) is 4.03. The maximum atomic E-state index is 12.1. The largest absolute Gasteiger partial charge is 0.311 e. The number of nitrogens with zero attached hydrogens (tertiary/aromatic N) is 1. The summed E-state index contributed by atoms with van der Waals surface area (Å²) in [5, 5.41) is 4.02. The van der Waals surface area contributed by atoms with E-state index in [0.29, 0.717) is 6.54 Å². The van der Waals surface area contributed by atoms with Crippen LogP contribution in [0.2, 0.25) is 5.02 Å². The minimum atomic E-state index is 0.150. The monoisotopic (exact) mass is 264 g/mol. The first kappa shape index (κ1) is 12.0. The molecule has 96 valence electrons. The van der Waals surface area contributed by atoms with Crippen LogP contribution in [-0.4, -0.2) is 25.5 Å². The maximum Gasteiger partial charge on any atom is 0.240 e. The average molecular weight is 265 g/mol. The highest BCUT2D eigenvalue weighted by Gasteiger charge is 2.26. The normalized spacial score (nSPS) is 17.9. The number of hydrogen-bond acceptors (Lipinski definition) is 2. The fraction of sp³-hybridized carbons (Fsp3) is 0.500. The highest BCUT2D eigenvalue weighted by Crippen LogP contribution is 2.33. The summed E-state index contributed by atoms with van der Waals surface area (Å²) < 4.78 is 0. The van der Waals surface area contributed by atoms with Crippen LogP contribution in [0.25, 0.3) is 0 Å². The molecule has 2 aliphatic rings. The van der Waals surface area contributed by atoms with Crippen LogP contribution in [0.15, 0.2) is 18.2 Å². The van der Waals surface area contributed by atoms with Crippen LogP contribution in [-0.2, 0) is 11.2 Å². The van der Waals surface area contributed by atoms with Gasteiger partial charge in [-0.3, -0.25) is 4.79 Å². The van der Waals surface area contributed by atoms with Gasteiger partial charge in [0.1, 0.15) is 0 Å². The van der Waals surface area contributed by atoms with Crippen molar-refractivity contribution >= 4 is 23.2 Å². The van der Waals surface area contributed by atoms with Crippen molar-refractivity contribution in [1.82, 2.24) is 5.32 Å². The smallest absolute Gasteiger partial charge is 0.240 e. The van der Waals surface area contributed by atoms with Gasteiger partial charge in [-0.2, -0.15) is 0 Å². The fourth-order valence-corrected chi connectivity index (χ4v) is 2.72. The molecule has 0 atom stereocenters. The number of carbonyl (C=O) groups excluding carboxylic acids is 1. The van der Waals surface area contributed by atoms with Gasteiger partial charge in [-0.1, -0.05) is 17.7 Å². The molecule has 0 bridgehead atoms. The first-order valence-electron chi connectivity index (χ1n) is 6.54. The molecular formula is C14H17ClN2O. The number of nitrogens with one attached hydrogen (secondary N) is 1. The number of hydrogen-bond donors (Lipinski definition) is 1. The Bertz CT molecular complexity index is 471. The van der Waals surface area contributed by atoms with Gasteiger partial charge in [-0.15, -0.1) is 0 Å². The lowest BCUT2D eigenvalue weighted by Gasteiger charge is -2.17. The van der Waals surface area contributed by atoms with E-state index in [0.717, 1.165) is 41.7 Å². The fourth-order valence-electron chi connectivity index (χ4n) is 2.45. The Labute approximate surface area is 112 Å². The quantitative estimate of drug-likeness (QED) is 0.905. The molecule has 0 unspecified atom stereocenters. The number of benzene rings is 1. The van der Waals surface area contributed by atoms with Crippen molar-refractivity contribution in [2.45, 2.75) is 19.3 Å². The highest BCUT2D eigenvalue weighted by molar-refractivity contribution is 6.32. The summed E-state index contributed by atoms with van der Waals surface area (Å²) in [5.41, 5.74) is 2.09. The van der Waals surface area contributed by atoms with E-state index in [4.69, 9.17) is 11.6 Å². The standard InChI is InChI=1S/C14H17ClN2O/c15-12-2-1-3-13-11(12)6-7-17(13)14(18)9-16-8-10-4-5-10/h1-3,10,16H,4-9H2. The highest BCUT2D eigenvalue weighted by atomic mass is 35.5. The van der Waals surface area contributed by atoms with E-state index in [9.17, 15) is 4.79 Å². The third-order valence-electron chi connectivity index (χ3n) is 3.68. The number of anilines is 1. The molecule has 0 aromatic heterocycles. The third kappa shape index (κ3) is 2.38. The van der Waals surface area contributed by atoms with Gasteiger partial charge in [-0.05, 0) is 49.4 Å². The second-order valence-electron chi connectivity index (χ2n) is 5.11. The van der Waals surface area contributed by atoms with Crippen LogP contribution < -0.4 is 10.2 Å². The van der Waals surface area contributed by atoms with Crippen molar-refractivity contribution in [1.29, 1.82) is 0 Å². The molecule has 3 nitrogen and oxygen atoms in total. The topological polar surface area (TPSA) is 32.3 Å². The Hall–Kier alpha value is -1.06. The van der Waals surface area contributed by atoms with Crippen LogP contribution in [0, 0.1) is 5.92 Å². The minimum absolute atomic E-state index is 0.150. The molecule has 3 rings (SSSR count). The van der Waals surface area contributed by atoms with E-state index in [2.05, 4.69) is 5.32 Å². The van der Waals surface area contributed by atoms with E-state index in [1.54, 1.807) is 0 Å². The second-order valence-corrected chi connectivity index (χ2v) is 5.51. The van der Waals surface area contributed by atoms with Crippen molar-refractivity contribution < 1.29 is 4.79 Å². The maximum absolute atomic E-state index is 12.1. The molecule has 1 amide bonds. The molecule has 1 fully saturated rings. The molecule has 4 heteroatoms. The molecule has 18 heavy (non-hydrogen) atoms. The summed E-state index contributed by atoms with van der Waals surface area (Å²) in [4.78, 5) is 14.0. The first-order valence-corrected chi connectivity index (χ1v) is 6.92. The van der Waals surface area contributed by atoms with Gasteiger partial charge >= 0.3 is 0 Å². The van der Waals surface area contributed by atoms with E-state index in [-0.39, 0.29) is 5.91 Å². The molecule has 1 aliphatic carbocycles. The lowest BCUT2D eigenvalue weighted by Crippen LogP contribution is -2.37. The summed E-state index contributed by atoms with van der Waals surface area (Å²) in [6, 6.07) is 5.77. The van der Waals surface area contributed by atoms with E-state index in [1.807, 2.05) is 23.1 Å². The summed E-state index contributed by atoms with van der Waals surface area (Å²) in [5.74, 6) is 0.953. The van der Waals surface area contributed by atoms with Gasteiger partial charge in [-0.25, -0.2) is 0 Å². The van der Waals surface area contributed by atoms with Crippen molar-refractivity contribution in [2.75, 3.05) is 24.5 Å². The molecule has 0 radical (unpaired) electrons. The average Bonchev–Trinajstić information content (AvgIpc) is 3.07. The van der Waals surface area contributed by atoms with Crippen LogP contribution in [0.1, 0.15) is 18.4 Å². The van der Waals surface area contributed by atoms with Crippen LogP contribution in [0.5, 0.6) is 0 Å². The lowest BCUT2D eigenvalue weighted by molar-refractivity contribution is -0.117. The molecule has 1 N–H and O–H groups in total. The predicted octanol–water partition coefficient (Wildman–Crippen LogP) is 2.23. The van der Waals surface area contributed by atoms with Gasteiger partial charge in [0.25, 0.3) is 0 Å². The predicted molar refractivity (Wildman–Crippen MR) is 73.1 cm³/mol. The number of halogens is 1. The van der Waals surface area contributed by atoms with Crippen LogP contribution >= 0.6 is 11.6 Å². The summed E-state index contributed by atoms with van der Waals surface area (Å²) in [6.07, 6.45) is 3.48. The van der Waals surface area contributed by atoms with E-state index in [1.165, 1.54) is 12.8 Å². The van der Waals surface area contributed by atoms with Gasteiger partial charge in [0, 0.05) is 17.3 Å². The number of rotatable bonds is 4.